The number of pyridine rings is 1. The third-order valence-corrected chi connectivity index (χ3v) is 4.03. The summed E-state index contributed by atoms with van der Waals surface area (Å²) < 4.78 is 0. The lowest BCUT2D eigenvalue weighted by molar-refractivity contribution is 0.0948. The highest BCUT2D eigenvalue weighted by atomic mass is 16.1. The van der Waals surface area contributed by atoms with E-state index in [9.17, 15) is 4.79 Å². The molecule has 1 aliphatic heterocycles. The molecule has 4 nitrogen and oxygen atoms in total. The maximum atomic E-state index is 11.8. The number of nitrogens with zero attached hydrogens (tertiary/aromatic N) is 2. The number of likely N-dealkylation sites (tertiary alicyclic amines) is 1. The zero-order valence-corrected chi connectivity index (χ0v) is 12.9. The Balaban J connectivity index is 1.51. The molecular weight excluding hydrogens is 262 g/mol. The van der Waals surface area contributed by atoms with Crippen molar-refractivity contribution in [1.82, 2.24) is 15.2 Å². The predicted molar refractivity (Wildman–Crippen MR) is 85.3 cm³/mol. The summed E-state index contributed by atoms with van der Waals surface area (Å²) in [6.45, 7) is 4.51. The van der Waals surface area contributed by atoms with E-state index in [0.29, 0.717) is 5.69 Å². The number of amides is 1. The van der Waals surface area contributed by atoms with Crippen LogP contribution >= 0.6 is 0 Å². The summed E-state index contributed by atoms with van der Waals surface area (Å²) in [4.78, 5) is 18.4. The van der Waals surface area contributed by atoms with Crippen molar-refractivity contribution in [3.8, 4) is 0 Å². The summed E-state index contributed by atoms with van der Waals surface area (Å²) in [5, 5.41) is 2.93. The van der Waals surface area contributed by atoms with Crippen molar-refractivity contribution in [2.24, 2.45) is 0 Å². The number of aromatic nitrogens is 1. The van der Waals surface area contributed by atoms with Gasteiger partial charge in [0.2, 0.25) is 0 Å². The highest BCUT2D eigenvalue weighted by Crippen LogP contribution is 2.10. The first-order valence-electron chi connectivity index (χ1n) is 8.28. The molecule has 0 bridgehead atoms. The van der Waals surface area contributed by atoms with Crippen molar-refractivity contribution in [2.45, 2.75) is 44.9 Å². The van der Waals surface area contributed by atoms with Crippen molar-refractivity contribution in [3.05, 3.63) is 30.1 Å². The minimum atomic E-state index is -0.0666. The molecule has 1 N–H and O–H groups in total. The molecule has 1 amide bonds. The summed E-state index contributed by atoms with van der Waals surface area (Å²) in [6.07, 6.45) is 10.6. The number of rotatable bonds is 7. The number of unbranched alkanes of at least 4 members (excludes halogenated alkanes) is 2. The van der Waals surface area contributed by atoms with Gasteiger partial charge in [-0.2, -0.15) is 0 Å². The topological polar surface area (TPSA) is 45.2 Å². The Morgan fingerprint density at radius 1 is 1.10 bits per heavy atom. The van der Waals surface area contributed by atoms with Gasteiger partial charge in [0, 0.05) is 12.7 Å². The Bertz CT molecular complexity index is 400. The Morgan fingerprint density at radius 3 is 2.62 bits per heavy atom. The molecule has 0 atom stereocenters. The van der Waals surface area contributed by atoms with E-state index in [2.05, 4.69) is 15.2 Å². The van der Waals surface area contributed by atoms with Crippen molar-refractivity contribution in [2.75, 3.05) is 26.2 Å². The number of carbonyl (C=O) groups excluding carboxylic acids is 1. The summed E-state index contributed by atoms with van der Waals surface area (Å²) in [6, 6.07) is 5.40. The Hall–Kier alpha value is -1.42. The molecule has 0 radical (unpaired) electrons. The highest BCUT2D eigenvalue weighted by Gasteiger charge is 2.08. The summed E-state index contributed by atoms with van der Waals surface area (Å²) in [5.41, 5.74) is 0.502. The van der Waals surface area contributed by atoms with Gasteiger partial charge in [-0.1, -0.05) is 25.3 Å². The lowest BCUT2D eigenvalue weighted by Gasteiger charge is -2.19. The van der Waals surface area contributed by atoms with Crippen LogP contribution in [0.25, 0.3) is 0 Å². The van der Waals surface area contributed by atoms with Crippen LogP contribution in [-0.2, 0) is 0 Å². The van der Waals surface area contributed by atoms with E-state index in [1.165, 1.54) is 58.2 Å². The second-order valence-electron chi connectivity index (χ2n) is 5.79. The maximum absolute atomic E-state index is 11.8. The maximum Gasteiger partial charge on any atom is 0.269 e. The van der Waals surface area contributed by atoms with E-state index in [1.54, 1.807) is 12.3 Å². The number of nitrogens with one attached hydrogen (secondary N) is 1. The van der Waals surface area contributed by atoms with Crippen LogP contribution in [0.3, 0.4) is 0 Å². The first-order chi connectivity index (χ1) is 10.4. The summed E-state index contributed by atoms with van der Waals surface area (Å²) in [7, 11) is 0. The summed E-state index contributed by atoms with van der Waals surface area (Å²) in [5.74, 6) is -0.0666. The van der Waals surface area contributed by atoms with E-state index in [-0.39, 0.29) is 5.91 Å². The van der Waals surface area contributed by atoms with Crippen LogP contribution < -0.4 is 5.32 Å². The largest absolute Gasteiger partial charge is 0.351 e. The molecule has 1 aromatic rings. The molecule has 0 aliphatic carbocycles. The minimum absolute atomic E-state index is 0.0666. The Labute approximate surface area is 127 Å². The monoisotopic (exact) mass is 289 g/mol. The van der Waals surface area contributed by atoms with Crippen LogP contribution in [0.5, 0.6) is 0 Å². The summed E-state index contributed by atoms with van der Waals surface area (Å²) >= 11 is 0. The van der Waals surface area contributed by atoms with E-state index in [1.807, 2.05) is 12.1 Å². The molecular formula is C17H27N3O. The molecule has 4 heteroatoms. The molecule has 0 spiro atoms. The molecule has 0 unspecified atom stereocenters. The average Bonchev–Trinajstić information content (AvgIpc) is 2.80. The van der Waals surface area contributed by atoms with Gasteiger partial charge in [0.05, 0.1) is 0 Å². The van der Waals surface area contributed by atoms with E-state index in [4.69, 9.17) is 0 Å². The normalized spacial score (nSPS) is 16.4. The first kappa shape index (κ1) is 16.0. The second-order valence-corrected chi connectivity index (χ2v) is 5.79. The van der Waals surface area contributed by atoms with Crippen molar-refractivity contribution in [1.29, 1.82) is 0 Å². The molecule has 21 heavy (non-hydrogen) atoms. The Kier molecular flexibility index (Phi) is 7.22. The molecule has 1 aliphatic rings. The van der Waals surface area contributed by atoms with Crippen molar-refractivity contribution in [3.63, 3.8) is 0 Å². The molecule has 1 saturated heterocycles. The van der Waals surface area contributed by atoms with Crippen LogP contribution in [0, 0.1) is 0 Å². The highest BCUT2D eigenvalue weighted by molar-refractivity contribution is 5.92. The molecule has 1 aromatic heterocycles. The zero-order chi connectivity index (χ0) is 14.8. The predicted octanol–water partition coefficient (Wildman–Crippen LogP) is 2.86. The third-order valence-electron chi connectivity index (χ3n) is 4.03. The molecule has 2 heterocycles. The van der Waals surface area contributed by atoms with Gasteiger partial charge in [-0.05, 0) is 57.5 Å². The van der Waals surface area contributed by atoms with Crippen LogP contribution in [0.1, 0.15) is 55.4 Å². The third kappa shape index (κ3) is 6.25. The van der Waals surface area contributed by atoms with Crippen LogP contribution in [-0.4, -0.2) is 42.0 Å². The van der Waals surface area contributed by atoms with E-state index >= 15 is 0 Å². The minimum Gasteiger partial charge on any atom is -0.351 e. The molecule has 116 valence electrons. The van der Waals surface area contributed by atoms with Gasteiger partial charge in [0.15, 0.2) is 0 Å². The number of hydrogen-bond donors (Lipinski definition) is 1. The lowest BCUT2D eigenvalue weighted by atomic mass is 10.2. The van der Waals surface area contributed by atoms with Gasteiger partial charge < -0.3 is 10.2 Å². The quantitative estimate of drug-likeness (QED) is 0.785. The number of hydrogen-bond acceptors (Lipinski definition) is 3. The van der Waals surface area contributed by atoms with Gasteiger partial charge >= 0.3 is 0 Å². The fourth-order valence-electron chi connectivity index (χ4n) is 2.79. The fraction of sp³-hybridized carbons (Fsp3) is 0.647. The molecule has 0 aromatic carbocycles. The van der Waals surface area contributed by atoms with Gasteiger partial charge in [-0.15, -0.1) is 0 Å². The average molecular weight is 289 g/mol. The van der Waals surface area contributed by atoms with Gasteiger partial charge in [-0.3, -0.25) is 9.78 Å². The first-order valence-corrected chi connectivity index (χ1v) is 8.28. The Morgan fingerprint density at radius 2 is 1.90 bits per heavy atom. The smallest absolute Gasteiger partial charge is 0.269 e. The van der Waals surface area contributed by atoms with E-state index < -0.39 is 0 Å². The SMILES string of the molecule is O=C(NCCCCCN1CCCCCC1)c1ccccn1. The van der Waals surface area contributed by atoms with Crippen LogP contribution in [0.15, 0.2) is 24.4 Å². The van der Waals surface area contributed by atoms with Gasteiger partial charge in [0.1, 0.15) is 5.69 Å². The second kappa shape index (κ2) is 9.50. The molecule has 0 saturated carbocycles. The lowest BCUT2D eigenvalue weighted by Crippen LogP contribution is -2.27. The van der Waals surface area contributed by atoms with Crippen LogP contribution in [0.4, 0.5) is 0 Å². The van der Waals surface area contributed by atoms with Gasteiger partial charge in [-0.25, -0.2) is 0 Å². The van der Waals surface area contributed by atoms with Crippen molar-refractivity contribution >= 4 is 5.91 Å². The van der Waals surface area contributed by atoms with E-state index in [0.717, 1.165) is 13.0 Å². The molecule has 2 rings (SSSR count). The standard InChI is InChI=1S/C17H27N3O/c21-17(16-10-4-6-11-18-16)19-12-5-3-9-15-20-13-7-1-2-8-14-20/h4,6,10-11H,1-3,5,7-9,12-15H2,(H,19,21). The zero-order valence-electron chi connectivity index (χ0n) is 12.9. The fourth-order valence-corrected chi connectivity index (χ4v) is 2.79. The number of carbonyl (C=O) groups is 1. The van der Waals surface area contributed by atoms with Gasteiger partial charge in [0.25, 0.3) is 5.91 Å². The molecule has 1 fully saturated rings. The van der Waals surface area contributed by atoms with Crippen molar-refractivity contribution < 1.29 is 4.79 Å². The van der Waals surface area contributed by atoms with Crippen LogP contribution in [0.2, 0.25) is 0 Å².